The van der Waals surface area contributed by atoms with Crippen molar-refractivity contribution < 1.29 is 13.2 Å². The molecule has 0 saturated carbocycles. The van der Waals surface area contributed by atoms with Gasteiger partial charge < -0.3 is 15.0 Å². The highest BCUT2D eigenvalue weighted by Crippen LogP contribution is 2.18. The van der Waals surface area contributed by atoms with Gasteiger partial charge in [-0.3, -0.25) is 4.99 Å². The van der Waals surface area contributed by atoms with Crippen molar-refractivity contribution in [2.75, 3.05) is 46.1 Å². The fraction of sp³-hybridized carbons (Fsp3) is 0.611. The van der Waals surface area contributed by atoms with Gasteiger partial charge in [0.25, 0.3) is 0 Å². The first-order valence-electron chi connectivity index (χ1n) is 8.98. The van der Waals surface area contributed by atoms with Crippen LogP contribution in [0, 0.1) is 0 Å². The number of nitrogens with zero attached hydrogens (tertiary/aromatic N) is 3. The molecule has 0 aromatic heterocycles. The van der Waals surface area contributed by atoms with E-state index < -0.39 is 10.0 Å². The Morgan fingerprint density at radius 1 is 1.19 bits per heavy atom. The summed E-state index contributed by atoms with van der Waals surface area (Å²) < 4.78 is 31.4. The van der Waals surface area contributed by atoms with Crippen LogP contribution < -0.4 is 10.1 Å². The lowest BCUT2D eigenvalue weighted by Crippen LogP contribution is -2.39. The molecule has 0 unspecified atom stereocenters. The van der Waals surface area contributed by atoms with E-state index >= 15 is 0 Å². The molecule has 1 rings (SSSR count). The van der Waals surface area contributed by atoms with Crippen molar-refractivity contribution in [3.8, 4) is 5.75 Å². The molecule has 0 aliphatic heterocycles. The quantitative estimate of drug-likeness (QED) is 0.296. The third kappa shape index (κ3) is 8.22. The SMILES string of the molecule is CCNC(=NCCS(=O)(=O)N(CC)CC)N(C)Cc1ccccc1OC.I. The van der Waals surface area contributed by atoms with Crippen LogP contribution in [0.25, 0.3) is 0 Å². The van der Waals surface area contributed by atoms with Gasteiger partial charge >= 0.3 is 0 Å². The zero-order valence-electron chi connectivity index (χ0n) is 16.9. The van der Waals surface area contributed by atoms with E-state index in [1.165, 1.54) is 4.31 Å². The number of nitrogens with one attached hydrogen (secondary N) is 1. The molecule has 1 N–H and O–H groups in total. The summed E-state index contributed by atoms with van der Waals surface area (Å²) in [7, 11) is 0.304. The Balaban J connectivity index is 0.00000676. The van der Waals surface area contributed by atoms with Crippen LogP contribution in [0.4, 0.5) is 0 Å². The Labute approximate surface area is 181 Å². The molecule has 0 heterocycles. The monoisotopic (exact) mass is 512 g/mol. The van der Waals surface area contributed by atoms with Crippen LogP contribution in [-0.2, 0) is 16.6 Å². The minimum absolute atomic E-state index is 0. The standard InChI is InChI=1S/C18H32N4O3S.HI/c1-6-19-18(20-13-14-26(23,24)22(7-2)8-3)21(4)15-16-11-9-10-12-17(16)25-5;/h9-12H,6-8,13-15H2,1-5H3,(H,19,20);1H. The molecule has 0 atom stereocenters. The molecule has 0 bridgehead atoms. The molecule has 0 saturated heterocycles. The first kappa shape index (κ1) is 25.9. The van der Waals surface area contributed by atoms with E-state index in [2.05, 4.69) is 10.3 Å². The van der Waals surface area contributed by atoms with Crippen molar-refractivity contribution in [2.24, 2.45) is 4.99 Å². The number of sulfonamides is 1. The number of aliphatic imine (C=N–C) groups is 1. The summed E-state index contributed by atoms with van der Waals surface area (Å²) >= 11 is 0. The minimum Gasteiger partial charge on any atom is -0.496 e. The number of hydrogen-bond acceptors (Lipinski definition) is 4. The van der Waals surface area contributed by atoms with Gasteiger partial charge in [0.1, 0.15) is 5.75 Å². The molecule has 0 spiro atoms. The normalized spacial score (nSPS) is 11.9. The fourth-order valence-corrected chi connectivity index (χ4v) is 4.01. The Kier molecular flexibility index (Phi) is 12.6. The zero-order chi connectivity index (χ0) is 19.6. The van der Waals surface area contributed by atoms with E-state index in [1.54, 1.807) is 7.11 Å². The number of guanidine groups is 1. The third-order valence-corrected chi connectivity index (χ3v) is 6.01. The maximum Gasteiger partial charge on any atom is 0.215 e. The number of hydrogen-bond donors (Lipinski definition) is 1. The topological polar surface area (TPSA) is 74.2 Å². The average molecular weight is 512 g/mol. The van der Waals surface area contributed by atoms with Gasteiger partial charge in [0.15, 0.2) is 5.96 Å². The van der Waals surface area contributed by atoms with Gasteiger partial charge in [0.2, 0.25) is 10.0 Å². The van der Waals surface area contributed by atoms with Crippen LogP contribution >= 0.6 is 24.0 Å². The number of rotatable bonds is 10. The van der Waals surface area contributed by atoms with Crippen LogP contribution in [-0.4, -0.2) is 69.7 Å². The molecule has 1 aromatic carbocycles. The lowest BCUT2D eigenvalue weighted by Gasteiger charge is -2.23. The van der Waals surface area contributed by atoms with E-state index in [9.17, 15) is 8.42 Å². The lowest BCUT2D eigenvalue weighted by atomic mass is 10.2. The summed E-state index contributed by atoms with van der Waals surface area (Å²) in [5.41, 5.74) is 1.04. The van der Waals surface area contributed by atoms with Crippen LogP contribution in [0.3, 0.4) is 0 Å². The molecule has 27 heavy (non-hydrogen) atoms. The highest BCUT2D eigenvalue weighted by atomic mass is 127. The van der Waals surface area contributed by atoms with Crippen molar-refractivity contribution in [1.29, 1.82) is 0 Å². The molecule has 0 aliphatic carbocycles. The molecular weight excluding hydrogens is 479 g/mol. The van der Waals surface area contributed by atoms with Gasteiger partial charge in [-0.1, -0.05) is 32.0 Å². The number of methoxy groups -OCH3 is 1. The molecule has 1 aromatic rings. The summed E-state index contributed by atoms with van der Waals surface area (Å²) in [5.74, 6) is 1.50. The zero-order valence-corrected chi connectivity index (χ0v) is 20.1. The van der Waals surface area contributed by atoms with Crippen molar-refractivity contribution >= 4 is 40.0 Å². The first-order valence-corrected chi connectivity index (χ1v) is 10.6. The maximum absolute atomic E-state index is 12.3. The molecular formula is C18H33IN4O3S. The van der Waals surface area contributed by atoms with Crippen LogP contribution in [0.5, 0.6) is 5.75 Å². The molecule has 0 fully saturated rings. The second-order valence-electron chi connectivity index (χ2n) is 5.80. The maximum atomic E-state index is 12.3. The summed E-state index contributed by atoms with van der Waals surface area (Å²) in [6, 6.07) is 7.82. The third-order valence-electron chi connectivity index (χ3n) is 4.01. The predicted molar refractivity (Wildman–Crippen MR) is 123 cm³/mol. The van der Waals surface area contributed by atoms with E-state index in [-0.39, 0.29) is 36.3 Å². The van der Waals surface area contributed by atoms with Gasteiger partial charge in [-0.15, -0.1) is 24.0 Å². The van der Waals surface area contributed by atoms with E-state index in [0.717, 1.165) is 11.3 Å². The molecule has 0 radical (unpaired) electrons. The van der Waals surface area contributed by atoms with Gasteiger partial charge in [-0.05, 0) is 13.0 Å². The van der Waals surface area contributed by atoms with E-state index in [4.69, 9.17) is 4.74 Å². The van der Waals surface area contributed by atoms with Crippen molar-refractivity contribution in [3.63, 3.8) is 0 Å². The van der Waals surface area contributed by atoms with Crippen molar-refractivity contribution in [1.82, 2.24) is 14.5 Å². The highest BCUT2D eigenvalue weighted by molar-refractivity contribution is 14.0. The molecule has 9 heteroatoms. The number of para-hydroxylation sites is 1. The van der Waals surface area contributed by atoms with Gasteiger partial charge in [0, 0.05) is 38.8 Å². The molecule has 0 amide bonds. The summed E-state index contributed by atoms with van der Waals surface area (Å²) in [6.07, 6.45) is 0. The van der Waals surface area contributed by atoms with Crippen LogP contribution in [0.15, 0.2) is 29.3 Å². The van der Waals surface area contributed by atoms with Gasteiger partial charge in [0.05, 0.1) is 19.4 Å². The average Bonchev–Trinajstić information content (AvgIpc) is 2.62. The molecule has 7 nitrogen and oxygen atoms in total. The van der Waals surface area contributed by atoms with Gasteiger partial charge in [-0.25, -0.2) is 12.7 Å². The minimum atomic E-state index is -3.27. The number of halogens is 1. The lowest BCUT2D eigenvalue weighted by molar-refractivity contribution is 0.396. The Morgan fingerprint density at radius 2 is 1.81 bits per heavy atom. The highest BCUT2D eigenvalue weighted by Gasteiger charge is 2.18. The van der Waals surface area contributed by atoms with E-state index in [1.807, 2.05) is 57.0 Å². The molecule has 156 valence electrons. The fourth-order valence-electron chi connectivity index (χ4n) is 2.65. The summed E-state index contributed by atoms with van der Waals surface area (Å²) in [4.78, 5) is 6.45. The Bertz CT molecular complexity index is 679. The van der Waals surface area contributed by atoms with Gasteiger partial charge in [-0.2, -0.15) is 0 Å². The number of benzene rings is 1. The Hall–Kier alpha value is -1.07. The van der Waals surface area contributed by atoms with Crippen molar-refractivity contribution in [2.45, 2.75) is 27.3 Å². The van der Waals surface area contributed by atoms with Crippen molar-refractivity contribution in [3.05, 3.63) is 29.8 Å². The molecule has 0 aliphatic rings. The van der Waals surface area contributed by atoms with E-state index in [0.29, 0.717) is 32.1 Å². The Morgan fingerprint density at radius 3 is 2.37 bits per heavy atom. The smallest absolute Gasteiger partial charge is 0.215 e. The summed E-state index contributed by atoms with van der Waals surface area (Å²) in [6.45, 7) is 8.17. The second-order valence-corrected chi connectivity index (χ2v) is 7.89. The second kappa shape index (κ2) is 13.2. The van der Waals surface area contributed by atoms with Crippen LogP contribution in [0.1, 0.15) is 26.3 Å². The largest absolute Gasteiger partial charge is 0.496 e. The first-order chi connectivity index (χ1) is 12.4. The summed E-state index contributed by atoms with van der Waals surface area (Å²) in [5, 5.41) is 3.21. The predicted octanol–water partition coefficient (Wildman–Crippen LogP) is 2.38. The van der Waals surface area contributed by atoms with Crippen LogP contribution in [0.2, 0.25) is 0 Å². The number of ether oxygens (including phenoxy) is 1.